The van der Waals surface area contributed by atoms with Gasteiger partial charge in [-0.25, -0.2) is 0 Å². The van der Waals surface area contributed by atoms with Crippen LogP contribution in [0.4, 0.5) is 0 Å². The molecule has 10 nitrogen and oxygen atoms in total. The molecule has 1 saturated heterocycles. The average Bonchev–Trinajstić information content (AvgIpc) is 3.10. The van der Waals surface area contributed by atoms with Crippen molar-refractivity contribution in [2.45, 2.75) is 64.1 Å². The fraction of sp³-hybridized carbons (Fsp3) is 0.333. The van der Waals surface area contributed by atoms with Crippen LogP contribution in [0.2, 0.25) is 0 Å². The number of rotatable bonds is 13. The fourth-order valence-corrected chi connectivity index (χ4v) is 5.99. The number of phenolic OH excluding ortho intramolecular Hbond substituents is 1. The number of nitrogens with zero attached hydrogens (tertiary/aromatic N) is 1. The van der Waals surface area contributed by atoms with Gasteiger partial charge in [0, 0.05) is 38.5 Å². The van der Waals surface area contributed by atoms with Gasteiger partial charge in [-0.15, -0.1) is 0 Å². The minimum absolute atomic E-state index is 0.0400. The number of benzene rings is 4. The van der Waals surface area contributed by atoms with Gasteiger partial charge in [0.15, 0.2) is 12.4 Å². The van der Waals surface area contributed by atoms with Crippen molar-refractivity contribution < 1.29 is 39.1 Å². The molecular weight excluding hydrogens is 624 g/mol. The normalized spacial score (nSPS) is 18.9. The number of hydrogen-bond acceptors (Lipinski definition) is 9. The molecule has 1 amide bonds. The van der Waals surface area contributed by atoms with E-state index in [0.717, 1.165) is 33.4 Å². The van der Waals surface area contributed by atoms with Crippen LogP contribution in [0.3, 0.4) is 0 Å². The molecule has 1 fully saturated rings. The minimum atomic E-state index is -0.886. The Morgan fingerprint density at radius 3 is 2.37 bits per heavy atom. The zero-order valence-electron chi connectivity index (χ0n) is 28.0. The Morgan fingerprint density at radius 2 is 1.67 bits per heavy atom. The van der Waals surface area contributed by atoms with Crippen molar-refractivity contribution in [2.75, 3.05) is 20.1 Å². The molecule has 1 aliphatic rings. The topological polar surface area (TPSA) is 138 Å². The van der Waals surface area contributed by atoms with Gasteiger partial charge in [0.1, 0.15) is 5.75 Å². The highest BCUT2D eigenvalue weighted by atomic mass is 16.7. The molecule has 258 valence electrons. The Labute approximate surface area is 286 Å². The Bertz CT molecular complexity index is 1690. The van der Waals surface area contributed by atoms with E-state index < -0.39 is 24.5 Å². The number of aliphatic hydroxyl groups excluding tert-OH is 2. The summed E-state index contributed by atoms with van der Waals surface area (Å²) in [5.41, 5.74) is 6.09. The number of likely N-dealkylation sites (N-methyl/N-ethyl adjacent to an activating group) is 1. The standard InChI is InChI=1S/C39H44N2O8/c1-25(47-26(2)43)38(46)40-21-32-7-4-5-10-35(32)28-15-17-30(18-16-28)39-48-34(20-37(49-39)29-13-11-27(24-42)12-14-29)22-41(3)23-36(45)31-8-6-9-33(44)19-31/h4-19,25,34,36-37,39,42,44-45H,20-24H2,1-3H3,(H,40,46)/t25-,34+,36+,37-,39-/m0/s1. The first-order valence-corrected chi connectivity index (χ1v) is 16.4. The van der Waals surface area contributed by atoms with E-state index in [-0.39, 0.29) is 37.0 Å². The summed E-state index contributed by atoms with van der Waals surface area (Å²) in [7, 11) is 1.93. The molecule has 5 atom stereocenters. The summed E-state index contributed by atoms with van der Waals surface area (Å²) in [6, 6.07) is 30.1. The van der Waals surface area contributed by atoms with E-state index >= 15 is 0 Å². The predicted octanol–water partition coefficient (Wildman–Crippen LogP) is 5.33. The number of hydrogen-bond donors (Lipinski definition) is 4. The van der Waals surface area contributed by atoms with Crippen LogP contribution in [-0.2, 0) is 37.0 Å². The second-order valence-electron chi connectivity index (χ2n) is 12.4. The third kappa shape index (κ3) is 9.75. The monoisotopic (exact) mass is 668 g/mol. The molecule has 0 bridgehead atoms. The van der Waals surface area contributed by atoms with Crippen LogP contribution >= 0.6 is 0 Å². The third-order valence-electron chi connectivity index (χ3n) is 8.55. The lowest BCUT2D eigenvalue weighted by atomic mass is 9.97. The largest absolute Gasteiger partial charge is 0.508 e. The Balaban J connectivity index is 1.31. The molecule has 49 heavy (non-hydrogen) atoms. The molecule has 4 aromatic rings. The molecule has 5 rings (SSSR count). The lowest BCUT2D eigenvalue weighted by Gasteiger charge is -2.38. The number of aromatic hydroxyl groups is 1. The van der Waals surface area contributed by atoms with Crippen LogP contribution in [0.1, 0.15) is 66.6 Å². The van der Waals surface area contributed by atoms with Gasteiger partial charge in [-0.1, -0.05) is 84.9 Å². The summed E-state index contributed by atoms with van der Waals surface area (Å²) >= 11 is 0. The van der Waals surface area contributed by atoms with Crippen molar-refractivity contribution >= 4 is 11.9 Å². The maximum absolute atomic E-state index is 12.5. The molecule has 0 saturated carbocycles. The molecular formula is C39H44N2O8. The SMILES string of the molecule is CC(=O)O[C@@H](C)C(=O)NCc1ccccc1-c1ccc([C@H]2O[C@@H](CN(C)C[C@@H](O)c3cccc(O)c3)C[C@@H](c3ccc(CO)cc3)O2)cc1. The van der Waals surface area contributed by atoms with Gasteiger partial charge >= 0.3 is 5.97 Å². The zero-order valence-corrected chi connectivity index (χ0v) is 28.0. The number of phenols is 1. The Kier molecular flexibility index (Phi) is 12.2. The maximum atomic E-state index is 12.5. The van der Waals surface area contributed by atoms with Crippen molar-refractivity contribution in [1.29, 1.82) is 0 Å². The predicted molar refractivity (Wildman–Crippen MR) is 184 cm³/mol. The molecule has 0 unspecified atom stereocenters. The molecule has 0 radical (unpaired) electrons. The van der Waals surface area contributed by atoms with Crippen molar-refractivity contribution in [1.82, 2.24) is 10.2 Å². The summed E-state index contributed by atoms with van der Waals surface area (Å²) in [5.74, 6) is -0.777. The van der Waals surface area contributed by atoms with Crippen molar-refractivity contribution in [3.8, 4) is 16.9 Å². The van der Waals surface area contributed by atoms with Crippen LogP contribution in [-0.4, -0.2) is 64.4 Å². The number of ether oxygens (including phenoxy) is 3. The highest BCUT2D eigenvalue weighted by Gasteiger charge is 2.33. The molecule has 4 aromatic carbocycles. The first kappa shape index (κ1) is 35.7. The number of esters is 1. The smallest absolute Gasteiger partial charge is 0.303 e. The highest BCUT2D eigenvalue weighted by molar-refractivity contribution is 5.83. The van der Waals surface area contributed by atoms with E-state index in [1.807, 2.05) is 84.7 Å². The van der Waals surface area contributed by atoms with Gasteiger partial charge in [0.2, 0.25) is 0 Å². The van der Waals surface area contributed by atoms with Crippen molar-refractivity contribution in [2.24, 2.45) is 0 Å². The van der Waals surface area contributed by atoms with E-state index in [1.54, 1.807) is 24.3 Å². The summed E-state index contributed by atoms with van der Waals surface area (Å²) in [5, 5.41) is 33.1. The summed E-state index contributed by atoms with van der Waals surface area (Å²) in [6.07, 6.45) is -2.22. The fourth-order valence-electron chi connectivity index (χ4n) is 5.99. The van der Waals surface area contributed by atoms with E-state index in [2.05, 4.69) is 5.32 Å². The Hall–Kier alpha value is -4.58. The van der Waals surface area contributed by atoms with Crippen LogP contribution in [0.15, 0.2) is 97.1 Å². The summed E-state index contributed by atoms with van der Waals surface area (Å²) in [4.78, 5) is 25.7. The molecule has 4 N–H and O–H groups in total. The molecule has 0 aliphatic carbocycles. The van der Waals surface area contributed by atoms with E-state index in [9.17, 15) is 24.9 Å². The average molecular weight is 669 g/mol. The summed E-state index contributed by atoms with van der Waals surface area (Å²) in [6.45, 7) is 3.92. The number of aliphatic hydroxyl groups is 2. The van der Waals surface area contributed by atoms with Gasteiger partial charge in [-0.3, -0.25) is 9.59 Å². The lowest BCUT2D eigenvalue weighted by molar-refractivity contribution is -0.252. The lowest BCUT2D eigenvalue weighted by Crippen LogP contribution is -2.39. The van der Waals surface area contributed by atoms with Crippen molar-refractivity contribution in [3.05, 3.63) is 125 Å². The van der Waals surface area contributed by atoms with E-state index in [4.69, 9.17) is 14.2 Å². The quantitative estimate of drug-likeness (QED) is 0.139. The number of carbonyl (C=O) groups excluding carboxylic acids is 2. The van der Waals surface area contributed by atoms with Gasteiger partial charge in [0.05, 0.1) is 24.9 Å². The molecule has 1 heterocycles. The molecule has 0 spiro atoms. The minimum Gasteiger partial charge on any atom is -0.508 e. The zero-order chi connectivity index (χ0) is 34.9. The number of carbonyl (C=O) groups is 2. The van der Waals surface area contributed by atoms with Crippen LogP contribution in [0.5, 0.6) is 5.75 Å². The van der Waals surface area contributed by atoms with Gasteiger partial charge in [0.25, 0.3) is 5.91 Å². The third-order valence-corrected chi connectivity index (χ3v) is 8.55. The molecule has 0 aromatic heterocycles. The van der Waals surface area contributed by atoms with Gasteiger partial charge in [-0.05, 0) is 59.5 Å². The van der Waals surface area contributed by atoms with E-state index in [1.165, 1.54) is 13.8 Å². The van der Waals surface area contributed by atoms with Crippen molar-refractivity contribution in [3.63, 3.8) is 0 Å². The molecule has 1 aliphatic heterocycles. The van der Waals surface area contributed by atoms with Crippen LogP contribution < -0.4 is 5.32 Å². The van der Waals surface area contributed by atoms with Crippen LogP contribution in [0, 0.1) is 0 Å². The second-order valence-corrected chi connectivity index (χ2v) is 12.4. The van der Waals surface area contributed by atoms with Gasteiger partial charge < -0.3 is 39.7 Å². The highest BCUT2D eigenvalue weighted by Crippen LogP contribution is 2.39. The number of nitrogens with one attached hydrogen (secondary N) is 1. The van der Waals surface area contributed by atoms with Crippen LogP contribution in [0.25, 0.3) is 11.1 Å². The first-order valence-electron chi connectivity index (χ1n) is 16.4. The first-order chi connectivity index (χ1) is 23.6. The van der Waals surface area contributed by atoms with E-state index in [0.29, 0.717) is 25.1 Å². The maximum Gasteiger partial charge on any atom is 0.303 e. The number of amides is 1. The Morgan fingerprint density at radius 1 is 0.959 bits per heavy atom. The molecule has 10 heteroatoms. The second kappa shape index (κ2) is 16.7. The van der Waals surface area contributed by atoms with Gasteiger partial charge in [-0.2, -0.15) is 0 Å². The summed E-state index contributed by atoms with van der Waals surface area (Å²) < 4.78 is 18.0.